The summed E-state index contributed by atoms with van der Waals surface area (Å²) < 4.78 is 5.19. The van der Waals surface area contributed by atoms with Crippen LogP contribution >= 0.6 is 0 Å². The van der Waals surface area contributed by atoms with E-state index >= 15 is 0 Å². The number of urea groups is 1. The zero-order chi connectivity index (χ0) is 18.3. The van der Waals surface area contributed by atoms with Crippen molar-refractivity contribution in [3.05, 3.63) is 71.4 Å². The Morgan fingerprint density at radius 3 is 2.38 bits per heavy atom. The number of para-hydroxylation sites is 1. The van der Waals surface area contributed by atoms with Gasteiger partial charge in [-0.1, -0.05) is 30.3 Å². The standard InChI is InChI=1S/C20H19N3O3/c1-22-16-12-23(14-6-4-3-5-7-14)19(24)17(16)18(21-20(22)25)13-8-10-15(26-2)11-9-13/h3-11,18H,12H2,1-2H3,(H,21,25)/t18-/m0/s1. The van der Waals surface area contributed by atoms with Crippen molar-refractivity contribution >= 4 is 17.6 Å². The fourth-order valence-corrected chi connectivity index (χ4v) is 3.43. The summed E-state index contributed by atoms with van der Waals surface area (Å²) in [5, 5.41) is 2.93. The van der Waals surface area contributed by atoms with Crippen LogP contribution in [0.1, 0.15) is 11.6 Å². The molecule has 0 radical (unpaired) electrons. The van der Waals surface area contributed by atoms with E-state index in [-0.39, 0.29) is 11.9 Å². The smallest absolute Gasteiger partial charge is 0.322 e. The van der Waals surface area contributed by atoms with Gasteiger partial charge in [0.15, 0.2) is 0 Å². The predicted octanol–water partition coefficient (Wildman–Crippen LogP) is 2.69. The number of carbonyl (C=O) groups is 2. The molecule has 1 atom stereocenters. The van der Waals surface area contributed by atoms with E-state index in [1.807, 2.05) is 54.6 Å². The van der Waals surface area contributed by atoms with Crippen molar-refractivity contribution in [3.63, 3.8) is 0 Å². The molecule has 2 heterocycles. The van der Waals surface area contributed by atoms with Crippen molar-refractivity contribution in [1.29, 1.82) is 0 Å². The Balaban J connectivity index is 1.74. The van der Waals surface area contributed by atoms with Crippen LogP contribution in [-0.2, 0) is 4.79 Å². The molecule has 6 nitrogen and oxygen atoms in total. The van der Waals surface area contributed by atoms with E-state index in [1.54, 1.807) is 19.1 Å². The zero-order valence-electron chi connectivity index (χ0n) is 14.6. The fraction of sp³-hybridized carbons (Fsp3) is 0.200. The molecule has 6 heteroatoms. The summed E-state index contributed by atoms with van der Waals surface area (Å²) in [5.74, 6) is 0.643. The third-order valence-electron chi connectivity index (χ3n) is 4.88. The number of amides is 3. The lowest BCUT2D eigenvalue weighted by atomic mass is 9.95. The topological polar surface area (TPSA) is 61.9 Å². The molecular weight excluding hydrogens is 330 g/mol. The third kappa shape index (κ3) is 2.50. The quantitative estimate of drug-likeness (QED) is 0.927. The molecule has 3 amide bonds. The van der Waals surface area contributed by atoms with Crippen molar-refractivity contribution in [1.82, 2.24) is 10.2 Å². The number of anilines is 1. The highest BCUT2D eigenvalue weighted by molar-refractivity contribution is 6.11. The highest BCUT2D eigenvalue weighted by Crippen LogP contribution is 2.37. The van der Waals surface area contributed by atoms with E-state index in [0.717, 1.165) is 22.7 Å². The van der Waals surface area contributed by atoms with Crippen LogP contribution in [0.2, 0.25) is 0 Å². The lowest BCUT2D eigenvalue weighted by Gasteiger charge is -2.31. The summed E-state index contributed by atoms with van der Waals surface area (Å²) in [5.41, 5.74) is 3.02. The average Bonchev–Trinajstić information content (AvgIpc) is 3.03. The van der Waals surface area contributed by atoms with Gasteiger partial charge in [0.2, 0.25) is 0 Å². The van der Waals surface area contributed by atoms with Gasteiger partial charge in [0.25, 0.3) is 5.91 Å². The number of likely N-dealkylation sites (N-methyl/N-ethyl adjacent to an activating group) is 1. The molecule has 0 saturated carbocycles. The van der Waals surface area contributed by atoms with Crippen LogP contribution in [0.25, 0.3) is 0 Å². The molecule has 0 bridgehead atoms. The van der Waals surface area contributed by atoms with Crippen LogP contribution < -0.4 is 15.0 Å². The lowest BCUT2D eigenvalue weighted by molar-refractivity contribution is -0.114. The van der Waals surface area contributed by atoms with Crippen molar-refractivity contribution in [2.75, 3.05) is 25.6 Å². The number of hydrogen-bond acceptors (Lipinski definition) is 3. The third-order valence-corrected chi connectivity index (χ3v) is 4.88. The first kappa shape index (κ1) is 16.2. The monoisotopic (exact) mass is 349 g/mol. The van der Waals surface area contributed by atoms with Crippen LogP contribution in [0.5, 0.6) is 5.75 Å². The second kappa shape index (κ2) is 6.22. The van der Waals surface area contributed by atoms with Crippen molar-refractivity contribution in [2.45, 2.75) is 6.04 Å². The van der Waals surface area contributed by atoms with Gasteiger partial charge in [0.05, 0.1) is 31.0 Å². The molecule has 0 aliphatic carbocycles. The Morgan fingerprint density at radius 1 is 1.04 bits per heavy atom. The first-order valence-electron chi connectivity index (χ1n) is 8.38. The summed E-state index contributed by atoms with van der Waals surface area (Å²) in [6.45, 7) is 0.384. The van der Waals surface area contributed by atoms with Gasteiger partial charge in [0, 0.05) is 12.7 Å². The number of hydrogen-bond donors (Lipinski definition) is 1. The number of methoxy groups -OCH3 is 1. The molecule has 0 aromatic heterocycles. The van der Waals surface area contributed by atoms with Gasteiger partial charge < -0.3 is 15.0 Å². The molecule has 4 rings (SSSR count). The van der Waals surface area contributed by atoms with Crippen LogP contribution in [-0.4, -0.2) is 37.5 Å². The lowest BCUT2D eigenvalue weighted by Crippen LogP contribution is -2.45. The van der Waals surface area contributed by atoms with Crippen LogP contribution in [0.4, 0.5) is 10.5 Å². The first-order chi connectivity index (χ1) is 12.6. The minimum absolute atomic E-state index is 0.0844. The normalized spacial score (nSPS) is 19.5. The number of rotatable bonds is 3. The molecule has 2 aliphatic rings. The number of carbonyl (C=O) groups excluding carboxylic acids is 2. The minimum atomic E-state index is -0.471. The fourth-order valence-electron chi connectivity index (χ4n) is 3.43. The molecule has 26 heavy (non-hydrogen) atoms. The van der Waals surface area contributed by atoms with Crippen molar-refractivity contribution in [2.24, 2.45) is 0 Å². The number of nitrogens with one attached hydrogen (secondary N) is 1. The van der Waals surface area contributed by atoms with Gasteiger partial charge in [-0.25, -0.2) is 4.79 Å². The largest absolute Gasteiger partial charge is 0.497 e. The van der Waals surface area contributed by atoms with Gasteiger partial charge in [-0.05, 0) is 29.8 Å². The van der Waals surface area contributed by atoms with Crippen LogP contribution in [0.3, 0.4) is 0 Å². The second-order valence-electron chi connectivity index (χ2n) is 6.30. The maximum atomic E-state index is 13.2. The maximum Gasteiger partial charge on any atom is 0.322 e. The van der Waals surface area contributed by atoms with Crippen LogP contribution in [0, 0.1) is 0 Å². The molecule has 0 unspecified atom stereocenters. The average molecular weight is 349 g/mol. The first-order valence-corrected chi connectivity index (χ1v) is 8.38. The Labute approximate surface area is 151 Å². The molecule has 2 aromatic rings. The summed E-state index contributed by atoms with van der Waals surface area (Å²) in [6.07, 6.45) is 0. The van der Waals surface area contributed by atoms with E-state index in [1.165, 1.54) is 4.90 Å². The molecule has 132 valence electrons. The molecule has 2 aliphatic heterocycles. The Hall–Kier alpha value is -3.28. The van der Waals surface area contributed by atoms with Gasteiger partial charge in [-0.15, -0.1) is 0 Å². The molecule has 0 saturated heterocycles. The summed E-state index contributed by atoms with van der Waals surface area (Å²) in [4.78, 5) is 28.8. The molecule has 1 N–H and O–H groups in total. The maximum absolute atomic E-state index is 13.2. The summed E-state index contributed by atoms with van der Waals surface area (Å²) in [6, 6.07) is 16.2. The van der Waals surface area contributed by atoms with Crippen molar-refractivity contribution in [3.8, 4) is 5.75 Å². The summed E-state index contributed by atoms with van der Waals surface area (Å²) >= 11 is 0. The number of benzene rings is 2. The van der Waals surface area contributed by atoms with E-state index in [9.17, 15) is 9.59 Å². The predicted molar refractivity (Wildman–Crippen MR) is 97.9 cm³/mol. The van der Waals surface area contributed by atoms with Gasteiger partial charge in [-0.3, -0.25) is 9.69 Å². The van der Waals surface area contributed by atoms with E-state index in [0.29, 0.717) is 12.1 Å². The van der Waals surface area contributed by atoms with E-state index < -0.39 is 6.04 Å². The zero-order valence-corrected chi connectivity index (χ0v) is 14.6. The Morgan fingerprint density at radius 2 is 1.73 bits per heavy atom. The second-order valence-corrected chi connectivity index (χ2v) is 6.30. The highest BCUT2D eigenvalue weighted by Gasteiger charge is 2.43. The van der Waals surface area contributed by atoms with E-state index in [2.05, 4.69) is 5.32 Å². The number of ether oxygens (including phenoxy) is 1. The van der Waals surface area contributed by atoms with Gasteiger partial charge in [-0.2, -0.15) is 0 Å². The SMILES string of the molecule is COc1ccc([C@@H]2NC(=O)N(C)C3=C2C(=O)N(c2ccccc2)C3)cc1. The number of nitrogens with zero attached hydrogens (tertiary/aromatic N) is 2. The summed E-state index contributed by atoms with van der Waals surface area (Å²) in [7, 11) is 3.29. The molecular formula is C20H19N3O3. The highest BCUT2D eigenvalue weighted by atomic mass is 16.5. The van der Waals surface area contributed by atoms with Crippen molar-refractivity contribution < 1.29 is 14.3 Å². The molecule has 0 spiro atoms. The van der Waals surface area contributed by atoms with Crippen LogP contribution in [0.15, 0.2) is 65.9 Å². The molecule has 2 aromatic carbocycles. The minimum Gasteiger partial charge on any atom is -0.497 e. The van der Waals surface area contributed by atoms with Gasteiger partial charge >= 0.3 is 6.03 Å². The molecule has 0 fully saturated rings. The van der Waals surface area contributed by atoms with Gasteiger partial charge in [0.1, 0.15) is 5.75 Å². The van der Waals surface area contributed by atoms with E-state index in [4.69, 9.17) is 4.74 Å². The Kier molecular flexibility index (Phi) is 3.88. The Bertz CT molecular complexity index is 890.